The van der Waals surface area contributed by atoms with Crippen LogP contribution in [0, 0.1) is 178 Å². The molecule has 21 saturated carbocycles. The van der Waals surface area contributed by atoms with E-state index >= 15 is 0 Å². The fraction of sp³-hybridized carbons (Fsp3) is 0.800. The topological polar surface area (TPSA) is 321 Å². The molecule has 704 valence electrons. The van der Waals surface area contributed by atoms with Gasteiger partial charge in [-0.1, -0.05) is 53.0 Å². The summed E-state index contributed by atoms with van der Waals surface area (Å²) in [4.78, 5) is 81.0. The molecule has 21 aliphatic carbocycles. The quantitative estimate of drug-likeness (QED) is 0.0298. The van der Waals surface area contributed by atoms with Crippen LogP contribution in [0.4, 0.5) is 0 Å². The van der Waals surface area contributed by atoms with Crippen LogP contribution in [-0.4, -0.2) is 208 Å². The predicted molar refractivity (Wildman–Crippen MR) is 465 cm³/mol. The van der Waals surface area contributed by atoms with Crippen LogP contribution >= 0.6 is 0 Å². The summed E-state index contributed by atoms with van der Waals surface area (Å²) in [7, 11) is 0. The summed E-state index contributed by atoms with van der Waals surface area (Å²) in [5, 5.41) is 17.7. The van der Waals surface area contributed by atoms with Crippen molar-refractivity contribution in [2.75, 3.05) is 39.6 Å². The van der Waals surface area contributed by atoms with Crippen molar-refractivity contribution in [1.29, 1.82) is 0 Å². The number of carbonyl (C=O) groups excluding carboxylic acids is 7. The first-order chi connectivity index (χ1) is 62.1. The molecule has 24 heteroatoms. The first-order valence-corrected chi connectivity index (χ1v) is 50.6. The summed E-state index contributed by atoms with van der Waals surface area (Å²) in [6.07, 6.45) is 36.1. The van der Waals surface area contributed by atoms with Crippen molar-refractivity contribution in [2.24, 2.45) is 178 Å². The lowest BCUT2D eigenvalue weighted by atomic mass is 9.74. The maximum Gasteiger partial charge on any atom is 0.336 e. The van der Waals surface area contributed by atoms with E-state index in [1.54, 1.807) is 27.7 Å². The Bertz CT molecular complexity index is 4430. The molecule has 0 spiro atoms. The molecule has 49 unspecified atom stereocenters. The van der Waals surface area contributed by atoms with Crippen LogP contribution in [0.5, 0.6) is 0 Å². The third-order valence-electron chi connectivity index (χ3n) is 39.3. The highest BCUT2D eigenvalue weighted by atomic mass is 16.6. The van der Waals surface area contributed by atoms with Gasteiger partial charge in [0.1, 0.15) is 31.0 Å². The molecule has 49 atom stereocenters. The molecule has 7 aliphatic heterocycles. The highest BCUT2D eigenvalue weighted by Gasteiger charge is 2.74. The zero-order chi connectivity index (χ0) is 89.2. The molecular formula is C105H140O24. The predicted octanol–water partition coefficient (Wildman–Crippen LogP) is 13.1. The van der Waals surface area contributed by atoms with E-state index in [9.17, 15) is 33.6 Å². The van der Waals surface area contributed by atoms with Crippen LogP contribution in [0.2, 0.25) is 0 Å². The Balaban J connectivity index is 0.0000000885. The molecule has 0 radical (unpaired) electrons. The number of epoxide rings is 7. The Morgan fingerprint density at radius 3 is 0.907 bits per heavy atom. The summed E-state index contributed by atoms with van der Waals surface area (Å²) in [5.74, 6) is 20.6. The number of aliphatic hydroxyl groups is 2. The molecule has 7 heterocycles. The number of hydrogen-bond donors (Lipinski definition) is 2. The number of carbonyl (C=O) groups is 7. The molecule has 0 aromatic rings. The Labute approximate surface area is 759 Å². The second kappa shape index (κ2) is 34.4. The van der Waals surface area contributed by atoms with Crippen LogP contribution in [0.3, 0.4) is 0 Å². The zero-order valence-electron chi connectivity index (χ0n) is 76.3. The van der Waals surface area contributed by atoms with Crippen molar-refractivity contribution in [3.8, 4) is 0 Å². The highest BCUT2D eigenvalue weighted by Crippen LogP contribution is 2.72. The minimum atomic E-state index is -0.425. The summed E-state index contributed by atoms with van der Waals surface area (Å²) in [6, 6.07) is 0. The number of hydrogen-bond acceptors (Lipinski definition) is 24. The Morgan fingerprint density at radius 1 is 0.287 bits per heavy atom. The monoisotopic (exact) mass is 1780 g/mol. The Hall–Kier alpha value is -5.93. The van der Waals surface area contributed by atoms with Crippen LogP contribution in [0.25, 0.3) is 0 Å². The van der Waals surface area contributed by atoms with Gasteiger partial charge in [-0.15, -0.1) is 0 Å². The van der Waals surface area contributed by atoms with E-state index in [1.165, 1.54) is 103 Å². The Morgan fingerprint density at radius 2 is 0.566 bits per heavy atom. The maximum absolute atomic E-state index is 11.9. The first kappa shape index (κ1) is 88.4. The molecule has 0 aromatic heterocycles. The average molecular weight is 1790 g/mol. The molecule has 28 fully saturated rings. The molecule has 24 nitrogen and oxygen atoms in total. The van der Waals surface area contributed by atoms with Gasteiger partial charge in [-0.25, -0.2) is 33.6 Å². The smallest absolute Gasteiger partial charge is 0.336 e. The van der Waals surface area contributed by atoms with Crippen molar-refractivity contribution in [2.45, 2.75) is 305 Å². The molecule has 14 bridgehead atoms. The standard InChI is InChI=1S/C16H22O4.C16H22O3.C15H20O4.2C15H20O3.C14H18O4.C14H18O3/c1-8(2)16(17)19-4-3-18-12-6-9-5-10(12)11-7-13-15(20-13)14(9)11;1-8(2)16(17)18-4-3-9-5-10-6-11(9)12-7-13-15(19-13)14(10)12;1-7(2-3-16)15(17)19-11-5-8-4-9(11)10-6-12-14(18-12)13(8)10;1-7(2)15(16)17-6-9-3-8-4-10(9)11-5-12-14(18-12)13(8)11;1-3-7(2)15(16)18-11-5-8-4-9(11)10-6-12-14(17-12)13(8)10;1-6(5-15)14(16)18-10-3-7-2-8(10)9-4-11-13(17-11)12(7)9;1-6(2)14(15)17-10-4-7-3-8(10)9-5-11-13(16-11)12(7)9/h9-15H,1,3-7H2,2H3;9-15H,1,3-7H2,2H3;8-14,16H,1-6H2;8-14H,1,3-6H2,2H3;8-14H,2-6H2,1H3;7-13,15H,1-5H2;7-13H,1,3-5H2,2H3. The van der Waals surface area contributed by atoms with Gasteiger partial charge in [0, 0.05) is 46.5 Å². The lowest BCUT2D eigenvalue weighted by Gasteiger charge is -2.32. The number of ether oxygens (including phenoxy) is 15. The number of aliphatic hydroxyl groups excluding tert-OH is 2. The van der Waals surface area contributed by atoms with Gasteiger partial charge in [-0.05, 0) is 353 Å². The average Bonchev–Trinajstić information content (AvgIpc) is 1.58. The van der Waals surface area contributed by atoms with Crippen LogP contribution in [0.15, 0.2) is 85.1 Å². The third kappa shape index (κ3) is 16.3. The molecule has 7 saturated heterocycles. The summed E-state index contributed by atoms with van der Waals surface area (Å²) >= 11 is 0. The van der Waals surface area contributed by atoms with Crippen molar-refractivity contribution < 1.29 is 115 Å². The van der Waals surface area contributed by atoms with E-state index in [1.807, 2.05) is 6.92 Å². The van der Waals surface area contributed by atoms with Gasteiger partial charge in [-0.2, -0.15) is 0 Å². The fourth-order valence-corrected chi connectivity index (χ4v) is 34.1. The lowest BCUT2D eigenvalue weighted by Crippen LogP contribution is -2.34. The minimum absolute atomic E-state index is 0.0456. The van der Waals surface area contributed by atoms with Crippen LogP contribution in [-0.2, 0) is 105 Å². The van der Waals surface area contributed by atoms with Crippen molar-refractivity contribution in [3.63, 3.8) is 0 Å². The van der Waals surface area contributed by atoms with Gasteiger partial charge in [0.25, 0.3) is 0 Å². The largest absolute Gasteiger partial charge is 0.462 e. The summed E-state index contributed by atoms with van der Waals surface area (Å²) in [5.41, 5.74) is 3.12. The van der Waals surface area contributed by atoms with Crippen LogP contribution in [0.1, 0.15) is 189 Å². The zero-order valence-corrected chi connectivity index (χ0v) is 76.3. The normalized spacial score (nSPS) is 49.9. The van der Waals surface area contributed by atoms with Gasteiger partial charge in [-0.3, -0.25) is 0 Å². The molecule has 129 heavy (non-hydrogen) atoms. The number of rotatable bonds is 24. The van der Waals surface area contributed by atoms with Crippen LogP contribution < -0.4 is 0 Å². The maximum atomic E-state index is 11.9. The van der Waals surface area contributed by atoms with E-state index in [4.69, 9.17) is 81.3 Å². The summed E-state index contributed by atoms with van der Waals surface area (Å²) < 4.78 is 83.8. The van der Waals surface area contributed by atoms with Gasteiger partial charge in [0.15, 0.2) is 0 Å². The third-order valence-corrected chi connectivity index (χ3v) is 39.3. The highest BCUT2D eigenvalue weighted by molar-refractivity contribution is 5.90. The molecule has 28 rings (SSSR count). The second-order valence-electron chi connectivity index (χ2n) is 45.9. The van der Waals surface area contributed by atoms with Gasteiger partial charge in [0.05, 0.1) is 124 Å². The van der Waals surface area contributed by atoms with Crippen molar-refractivity contribution >= 4 is 41.8 Å². The molecular weight excluding hydrogens is 1650 g/mol. The molecule has 0 amide bonds. The first-order valence-electron chi connectivity index (χ1n) is 50.6. The molecule has 2 N–H and O–H groups in total. The van der Waals surface area contributed by atoms with E-state index in [-0.39, 0.29) is 79.0 Å². The van der Waals surface area contributed by atoms with Gasteiger partial charge in [0.2, 0.25) is 0 Å². The molecule has 0 aromatic carbocycles. The van der Waals surface area contributed by atoms with E-state index in [2.05, 4.69) is 46.1 Å². The molecule has 28 aliphatic rings. The number of fused-ring (bicyclic) bond motifs is 49. The SMILES string of the molecule is C=C(C)C(=O)OC1CC2CC1C1CC3OC3C21.C=C(C)C(=O)OCC1CC2CC1C1CC3OC3C21.C=C(C)C(=O)OCCC1CC2CC1C1CC3OC3C21.C=C(C)C(=O)OCCOC1CC2CC1C1CC3OC3C21.C=C(CC)C(=O)OC1CC2CC1C1CC3OC3C21.C=C(CCO)C(=O)OC1CC2CC1C1CC3OC3C21.C=C(CO)C(=O)OC1CC2CC1C1CC3OC3C21. The minimum Gasteiger partial charge on any atom is -0.462 e. The number of esters is 7. The summed E-state index contributed by atoms with van der Waals surface area (Å²) in [6.45, 7) is 35.8. The van der Waals surface area contributed by atoms with E-state index in [0.29, 0.717) is 218 Å². The van der Waals surface area contributed by atoms with Gasteiger partial charge < -0.3 is 81.3 Å². The van der Waals surface area contributed by atoms with E-state index < -0.39 is 5.97 Å². The van der Waals surface area contributed by atoms with Crippen molar-refractivity contribution in [3.05, 3.63) is 85.1 Å². The fourth-order valence-electron chi connectivity index (χ4n) is 34.1. The van der Waals surface area contributed by atoms with E-state index in [0.717, 1.165) is 163 Å². The van der Waals surface area contributed by atoms with Gasteiger partial charge >= 0.3 is 41.8 Å². The Kier molecular flexibility index (Phi) is 23.6. The van der Waals surface area contributed by atoms with Crippen molar-refractivity contribution in [1.82, 2.24) is 0 Å². The second-order valence-corrected chi connectivity index (χ2v) is 45.9. The lowest BCUT2D eigenvalue weighted by molar-refractivity contribution is -0.150.